The van der Waals surface area contributed by atoms with Gasteiger partial charge in [0.25, 0.3) is 0 Å². The van der Waals surface area contributed by atoms with Crippen LogP contribution in [-0.2, 0) is 0 Å². The molecule has 0 saturated heterocycles. The monoisotopic (exact) mass is 192 g/mol. The summed E-state index contributed by atoms with van der Waals surface area (Å²) >= 11 is 0. The van der Waals surface area contributed by atoms with Crippen LogP contribution in [-0.4, -0.2) is 12.9 Å². The first kappa shape index (κ1) is 10.2. The van der Waals surface area contributed by atoms with E-state index in [1.165, 1.54) is 0 Å². The molecule has 0 spiro atoms. The van der Waals surface area contributed by atoms with Crippen LogP contribution in [0.3, 0.4) is 0 Å². The first-order valence-corrected chi connectivity index (χ1v) is 4.07. The predicted octanol–water partition coefficient (Wildman–Crippen LogP) is 2.07. The molecule has 14 heavy (non-hydrogen) atoms. The van der Waals surface area contributed by atoms with E-state index in [1.54, 1.807) is 38.3 Å². The van der Waals surface area contributed by atoms with Crippen LogP contribution in [0.25, 0.3) is 0 Å². The summed E-state index contributed by atoms with van der Waals surface area (Å²) in [4.78, 5) is 0. The molecule has 0 amide bonds. The second-order valence-electron chi connectivity index (χ2n) is 2.63. The van der Waals surface area contributed by atoms with Gasteiger partial charge in [-0.2, -0.15) is 0 Å². The van der Waals surface area contributed by atoms with Gasteiger partial charge in [0.05, 0.1) is 12.8 Å². The van der Waals surface area contributed by atoms with E-state index < -0.39 is 0 Å². The molecule has 0 fully saturated rings. The van der Waals surface area contributed by atoms with Crippen molar-refractivity contribution < 1.29 is 4.74 Å². The molecule has 1 aromatic rings. The lowest BCUT2D eigenvalue weighted by Gasteiger charge is -1.97. The first-order valence-electron chi connectivity index (χ1n) is 4.07. The molecule has 0 heterocycles. The fourth-order valence-corrected chi connectivity index (χ4v) is 0.793. The minimum Gasteiger partial charge on any atom is -0.497 e. The smallest absolute Gasteiger partial charge is 0.121 e. The number of ether oxygens (including phenoxy) is 1. The standard InChI is InChI=1S/C9H12N4O/c1-7(10)11-13-12-8-3-5-9(14-2)6-4-8/h3-6H,1-2H3,(H2,10,11,12). The van der Waals surface area contributed by atoms with Crippen molar-refractivity contribution in [3.8, 4) is 5.75 Å². The molecule has 0 unspecified atom stereocenters. The van der Waals surface area contributed by atoms with E-state index in [2.05, 4.69) is 15.4 Å². The normalized spacial score (nSPS) is 12.0. The molecule has 5 heteroatoms. The Hall–Kier alpha value is -1.91. The molecule has 0 atom stereocenters. The van der Waals surface area contributed by atoms with Crippen molar-refractivity contribution >= 4 is 11.5 Å². The maximum absolute atomic E-state index is 5.28. The number of methoxy groups -OCH3 is 1. The highest BCUT2D eigenvalue weighted by Gasteiger charge is 1.90. The highest BCUT2D eigenvalue weighted by atomic mass is 16.5. The zero-order valence-corrected chi connectivity index (χ0v) is 8.14. The second kappa shape index (κ2) is 4.96. The number of rotatable bonds is 3. The molecule has 5 nitrogen and oxygen atoms in total. The molecule has 0 aliphatic heterocycles. The third-order valence-electron chi connectivity index (χ3n) is 1.44. The van der Waals surface area contributed by atoms with Crippen LogP contribution in [0.15, 0.2) is 39.7 Å². The van der Waals surface area contributed by atoms with Gasteiger partial charge < -0.3 is 10.5 Å². The molecule has 0 aliphatic rings. The number of nitrogens with zero attached hydrogens (tertiary/aromatic N) is 3. The Balaban J connectivity index is 2.69. The maximum atomic E-state index is 5.28. The maximum Gasteiger partial charge on any atom is 0.121 e. The Labute approximate surface area is 82.3 Å². The summed E-state index contributed by atoms with van der Waals surface area (Å²) in [6, 6.07) is 7.16. The van der Waals surface area contributed by atoms with E-state index in [0.29, 0.717) is 11.5 Å². The van der Waals surface area contributed by atoms with Crippen LogP contribution in [0.1, 0.15) is 6.92 Å². The number of benzene rings is 1. The van der Waals surface area contributed by atoms with Crippen LogP contribution >= 0.6 is 0 Å². The number of nitrogens with two attached hydrogens (primary N) is 1. The van der Waals surface area contributed by atoms with Gasteiger partial charge in [0.2, 0.25) is 0 Å². The van der Waals surface area contributed by atoms with Gasteiger partial charge >= 0.3 is 0 Å². The summed E-state index contributed by atoms with van der Waals surface area (Å²) in [7, 11) is 1.61. The molecule has 0 saturated carbocycles. The third kappa shape index (κ3) is 3.22. The van der Waals surface area contributed by atoms with Crippen LogP contribution in [0.2, 0.25) is 0 Å². The summed E-state index contributed by atoms with van der Waals surface area (Å²) in [5, 5.41) is 11.0. The molecule has 2 N–H and O–H groups in total. The summed E-state index contributed by atoms with van der Waals surface area (Å²) < 4.78 is 4.99. The Morgan fingerprint density at radius 1 is 1.29 bits per heavy atom. The van der Waals surface area contributed by atoms with E-state index in [0.717, 1.165) is 5.75 Å². The molecule has 0 radical (unpaired) electrons. The SMILES string of the molecule is COc1ccc(N=N/N=C(/C)N)cc1. The molecule has 0 aliphatic carbocycles. The van der Waals surface area contributed by atoms with Crippen molar-refractivity contribution in [2.45, 2.75) is 6.92 Å². The van der Waals surface area contributed by atoms with E-state index in [9.17, 15) is 0 Å². The molecular formula is C9H12N4O. The molecule has 0 aromatic heterocycles. The summed E-state index contributed by atoms with van der Waals surface area (Å²) in [5.41, 5.74) is 5.98. The molecule has 1 rings (SSSR count). The average Bonchev–Trinajstić information content (AvgIpc) is 2.18. The minimum atomic E-state index is 0.377. The number of hydrogen-bond donors (Lipinski definition) is 1. The Morgan fingerprint density at radius 2 is 1.93 bits per heavy atom. The molecule has 1 aromatic carbocycles. The second-order valence-corrected chi connectivity index (χ2v) is 2.63. The van der Waals surface area contributed by atoms with Gasteiger partial charge in [-0.15, -0.1) is 10.2 Å². The highest BCUT2D eigenvalue weighted by Crippen LogP contribution is 2.17. The Morgan fingerprint density at radius 3 is 2.43 bits per heavy atom. The van der Waals surface area contributed by atoms with Gasteiger partial charge in [0.15, 0.2) is 0 Å². The Kier molecular flexibility index (Phi) is 3.60. The summed E-state index contributed by atoms with van der Waals surface area (Å²) in [5.74, 6) is 1.16. The molecule has 0 bridgehead atoms. The van der Waals surface area contributed by atoms with Gasteiger partial charge in [-0.05, 0) is 36.4 Å². The summed E-state index contributed by atoms with van der Waals surface area (Å²) in [6.07, 6.45) is 0. The fourth-order valence-electron chi connectivity index (χ4n) is 0.793. The zero-order chi connectivity index (χ0) is 10.4. The van der Waals surface area contributed by atoms with Crippen molar-refractivity contribution in [3.63, 3.8) is 0 Å². The zero-order valence-electron chi connectivity index (χ0n) is 8.14. The van der Waals surface area contributed by atoms with Gasteiger partial charge in [-0.1, -0.05) is 0 Å². The Bertz CT molecular complexity index is 338. The quantitative estimate of drug-likeness (QED) is 0.344. The van der Waals surface area contributed by atoms with Gasteiger partial charge in [0, 0.05) is 0 Å². The molecule has 74 valence electrons. The van der Waals surface area contributed by atoms with E-state index in [1.807, 2.05) is 0 Å². The third-order valence-corrected chi connectivity index (χ3v) is 1.44. The van der Waals surface area contributed by atoms with Gasteiger partial charge in [-0.25, -0.2) is 0 Å². The largest absolute Gasteiger partial charge is 0.497 e. The lowest BCUT2D eigenvalue weighted by atomic mass is 10.3. The van der Waals surface area contributed by atoms with Crippen LogP contribution in [0.5, 0.6) is 5.75 Å². The minimum absolute atomic E-state index is 0.377. The topological polar surface area (TPSA) is 72.3 Å². The lowest BCUT2D eigenvalue weighted by Crippen LogP contribution is -2.03. The fraction of sp³-hybridized carbons (Fsp3) is 0.222. The van der Waals surface area contributed by atoms with Crippen molar-refractivity contribution in [2.24, 2.45) is 21.2 Å². The lowest BCUT2D eigenvalue weighted by molar-refractivity contribution is 0.415. The van der Waals surface area contributed by atoms with E-state index >= 15 is 0 Å². The van der Waals surface area contributed by atoms with Crippen LogP contribution in [0.4, 0.5) is 5.69 Å². The van der Waals surface area contributed by atoms with Gasteiger partial charge in [0.1, 0.15) is 11.6 Å². The van der Waals surface area contributed by atoms with Crippen molar-refractivity contribution in [1.82, 2.24) is 0 Å². The van der Waals surface area contributed by atoms with E-state index in [-0.39, 0.29) is 0 Å². The molecular weight excluding hydrogens is 180 g/mol. The van der Waals surface area contributed by atoms with Crippen molar-refractivity contribution in [3.05, 3.63) is 24.3 Å². The summed E-state index contributed by atoms with van der Waals surface area (Å²) in [6.45, 7) is 1.65. The number of amidine groups is 1. The van der Waals surface area contributed by atoms with Crippen LogP contribution in [0, 0.1) is 0 Å². The van der Waals surface area contributed by atoms with E-state index in [4.69, 9.17) is 10.5 Å². The predicted molar refractivity (Wildman–Crippen MR) is 54.8 cm³/mol. The average molecular weight is 192 g/mol. The first-order chi connectivity index (χ1) is 6.72. The van der Waals surface area contributed by atoms with Gasteiger partial charge in [-0.3, -0.25) is 0 Å². The van der Waals surface area contributed by atoms with Crippen molar-refractivity contribution in [1.29, 1.82) is 0 Å². The highest BCUT2D eigenvalue weighted by molar-refractivity contribution is 5.77. The number of hydrogen-bond acceptors (Lipinski definition) is 3. The van der Waals surface area contributed by atoms with Crippen LogP contribution < -0.4 is 10.5 Å². The van der Waals surface area contributed by atoms with Crippen molar-refractivity contribution in [2.75, 3.05) is 7.11 Å².